The smallest absolute Gasteiger partial charge is 0.221 e. The van der Waals surface area contributed by atoms with Gasteiger partial charge in [0.05, 0.1) is 20.3 Å². The topological polar surface area (TPSA) is 63.3 Å². The molecule has 0 saturated heterocycles. The normalized spacial score (nSPS) is 12.8. The Morgan fingerprint density at radius 2 is 1.66 bits per heavy atom. The van der Waals surface area contributed by atoms with Crippen LogP contribution in [-0.4, -0.2) is 25.1 Å². The average molecular weight is 429 g/mol. The monoisotopic (exact) mass is 428 g/mol. The molecule has 2 unspecified atom stereocenters. The second kappa shape index (κ2) is 9.60. The van der Waals surface area contributed by atoms with Crippen molar-refractivity contribution in [1.29, 1.82) is 0 Å². The number of amides is 1. The number of benzene rings is 3. The van der Waals surface area contributed by atoms with Crippen molar-refractivity contribution in [3.8, 4) is 11.5 Å². The number of ether oxygens (including phenoxy) is 2. The Morgan fingerprint density at radius 1 is 0.906 bits per heavy atom. The molecule has 4 aromatic rings. The van der Waals surface area contributed by atoms with Crippen molar-refractivity contribution in [2.45, 2.75) is 25.3 Å². The Labute approximate surface area is 188 Å². The number of rotatable bonds is 8. The van der Waals surface area contributed by atoms with Gasteiger partial charge in [-0.2, -0.15) is 0 Å². The quantitative estimate of drug-likeness (QED) is 0.385. The highest BCUT2D eigenvalue weighted by Crippen LogP contribution is 2.42. The van der Waals surface area contributed by atoms with E-state index in [2.05, 4.69) is 16.4 Å². The lowest BCUT2D eigenvalue weighted by molar-refractivity contribution is -0.121. The molecule has 4 rings (SSSR count). The number of carbonyl (C=O) groups is 1. The fraction of sp³-hybridized carbons (Fsp3) is 0.222. The van der Waals surface area contributed by atoms with E-state index in [1.54, 1.807) is 14.2 Å². The maximum Gasteiger partial charge on any atom is 0.221 e. The number of aromatic nitrogens is 1. The van der Waals surface area contributed by atoms with Crippen LogP contribution in [0.15, 0.2) is 79.0 Å². The van der Waals surface area contributed by atoms with E-state index in [-0.39, 0.29) is 24.3 Å². The van der Waals surface area contributed by atoms with Crippen molar-refractivity contribution in [3.05, 3.63) is 95.7 Å². The molecule has 0 bridgehead atoms. The van der Waals surface area contributed by atoms with Crippen LogP contribution in [0, 0.1) is 0 Å². The predicted molar refractivity (Wildman–Crippen MR) is 127 cm³/mol. The van der Waals surface area contributed by atoms with Gasteiger partial charge in [-0.15, -0.1) is 0 Å². The van der Waals surface area contributed by atoms with E-state index in [9.17, 15) is 4.79 Å². The second-order valence-corrected chi connectivity index (χ2v) is 7.83. The number of hydrogen-bond acceptors (Lipinski definition) is 3. The molecule has 0 radical (unpaired) electrons. The summed E-state index contributed by atoms with van der Waals surface area (Å²) < 4.78 is 11.2. The van der Waals surface area contributed by atoms with E-state index in [1.807, 2.05) is 79.9 Å². The molecule has 0 saturated carbocycles. The number of hydrogen-bond donors (Lipinski definition) is 2. The minimum absolute atomic E-state index is 0.0264. The molecule has 0 aliphatic carbocycles. The van der Waals surface area contributed by atoms with Crippen molar-refractivity contribution in [2.24, 2.45) is 0 Å². The summed E-state index contributed by atoms with van der Waals surface area (Å²) in [6, 6.07) is 23.8. The van der Waals surface area contributed by atoms with Gasteiger partial charge in [0.25, 0.3) is 0 Å². The van der Waals surface area contributed by atoms with Gasteiger partial charge >= 0.3 is 0 Å². The Bertz CT molecular complexity index is 1200. The fourth-order valence-electron chi connectivity index (χ4n) is 4.27. The number of aromatic amines is 1. The van der Waals surface area contributed by atoms with Crippen LogP contribution in [0.4, 0.5) is 0 Å². The van der Waals surface area contributed by atoms with Gasteiger partial charge in [0.2, 0.25) is 5.91 Å². The van der Waals surface area contributed by atoms with E-state index in [4.69, 9.17) is 9.47 Å². The van der Waals surface area contributed by atoms with Gasteiger partial charge in [-0.05, 0) is 30.2 Å². The van der Waals surface area contributed by atoms with E-state index in [0.29, 0.717) is 11.5 Å². The van der Waals surface area contributed by atoms with Gasteiger partial charge in [-0.1, -0.05) is 60.7 Å². The van der Waals surface area contributed by atoms with Crippen molar-refractivity contribution >= 4 is 16.8 Å². The van der Waals surface area contributed by atoms with Crippen LogP contribution >= 0.6 is 0 Å². The number of carbonyl (C=O) groups excluding carboxylic acids is 1. The highest BCUT2D eigenvalue weighted by Gasteiger charge is 2.26. The third-order valence-electron chi connectivity index (χ3n) is 5.87. The van der Waals surface area contributed by atoms with Gasteiger partial charge in [0.15, 0.2) is 11.5 Å². The maximum atomic E-state index is 13.2. The van der Waals surface area contributed by atoms with Gasteiger partial charge in [-0.3, -0.25) is 4.79 Å². The summed E-state index contributed by atoms with van der Waals surface area (Å²) in [7, 11) is 3.25. The van der Waals surface area contributed by atoms with Crippen molar-refractivity contribution in [2.75, 3.05) is 14.2 Å². The first-order chi connectivity index (χ1) is 15.6. The minimum Gasteiger partial charge on any atom is -0.493 e. The summed E-state index contributed by atoms with van der Waals surface area (Å²) in [6.07, 6.45) is 2.27. The molecule has 2 N–H and O–H groups in total. The molecule has 1 heterocycles. The standard InChI is InChI=1S/C27H28N2O3/c1-18(19-10-5-4-6-11-19)29-26(30)16-22(21-13-9-15-25(31-2)27(21)32-3)23-17-28-24-14-8-7-12-20(23)24/h4-15,17-18,22,28H,16H2,1-3H3,(H,29,30). The molecular weight excluding hydrogens is 400 g/mol. The number of nitrogens with one attached hydrogen (secondary N) is 2. The van der Waals surface area contributed by atoms with Crippen molar-refractivity contribution < 1.29 is 14.3 Å². The molecule has 0 aliphatic heterocycles. The number of H-pyrrole nitrogens is 1. The average Bonchev–Trinajstić information content (AvgIpc) is 3.26. The van der Waals surface area contributed by atoms with E-state index in [0.717, 1.165) is 27.6 Å². The Morgan fingerprint density at radius 3 is 2.41 bits per heavy atom. The van der Waals surface area contributed by atoms with Crippen LogP contribution in [0.1, 0.15) is 42.0 Å². The molecule has 32 heavy (non-hydrogen) atoms. The molecule has 0 aliphatic rings. The first kappa shape index (κ1) is 21.5. The molecule has 0 fully saturated rings. The molecule has 164 valence electrons. The molecule has 2 atom stereocenters. The van der Waals surface area contributed by atoms with Gasteiger partial charge in [0, 0.05) is 35.0 Å². The predicted octanol–water partition coefficient (Wildman–Crippen LogP) is 5.58. The van der Waals surface area contributed by atoms with Gasteiger partial charge in [-0.25, -0.2) is 0 Å². The van der Waals surface area contributed by atoms with Crippen molar-refractivity contribution in [3.63, 3.8) is 0 Å². The first-order valence-electron chi connectivity index (χ1n) is 10.7. The third-order valence-corrected chi connectivity index (χ3v) is 5.87. The highest BCUT2D eigenvalue weighted by atomic mass is 16.5. The van der Waals surface area contributed by atoms with Crippen LogP contribution in [0.2, 0.25) is 0 Å². The van der Waals surface area contributed by atoms with Crippen LogP contribution < -0.4 is 14.8 Å². The molecule has 0 spiro atoms. The maximum absolute atomic E-state index is 13.2. The highest BCUT2D eigenvalue weighted by molar-refractivity contribution is 5.86. The zero-order valence-corrected chi connectivity index (χ0v) is 18.6. The summed E-state index contributed by atoms with van der Waals surface area (Å²) >= 11 is 0. The summed E-state index contributed by atoms with van der Waals surface area (Å²) in [4.78, 5) is 16.5. The Balaban J connectivity index is 1.71. The van der Waals surface area contributed by atoms with Crippen molar-refractivity contribution in [1.82, 2.24) is 10.3 Å². The molecule has 3 aromatic carbocycles. The Kier molecular flexibility index (Phi) is 6.45. The molecule has 5 nitrogen and oxygen atoms in total. The minimum atomic E-state index is -0.209. The van der Waals surface area contributed by atoms with E-state index >= 15 is 0 Å². The number of fused-ring (bicyclic) bond motifs is 1. The molecule has 1 amide bonds. The third kappa shape index (κ3) is 4.33. The van der Waals surface area contributed by atoms with Crippen LogP contribution in [0.3, 0.4) is 0 Å². The van der Waals surface area contributed by atoms with Gasteiger partial charge in [0.1, 0.15) is 0 Å². The number of methoxy groups -OCH3 is 2. The zero-order chi connectivity index (χ0) is 22.5. The molecule has 1 aromatic heterocycles. The largest absolute Gasteiger partial charge is 0.493 e. The lowest BCUT2D eigenvalue weighted by atomic mass is 9.87. The number of para-hydroxylation sites is 2. The van der Waals surface area contributed by atoms with Crippen LogP contribution in [-0.2, 0) is 4.79 Å². The fourth-order valence-corrected chi connectivity index (χ4v) is 4.27. The summed E-state index contributed by atoms with van der Waals surface area (Å²) in [5.41, 5.74) is 4.07. The zero-order valence-electron chi connectivity index (χ0n) is 18.6. The Hall–Kier alpha value is -3.73. The van der Waals surface area contributed by atoms with Crippen LogP contribution in [0.5, 0.6) is 11.5 Å². The molecule has 5 heteroatoms. The lowest BCUT2D eigenvalue weighted by Crippen LogP contribution is -2.28. The summed E-state index contributed by atoms with van der Waals surface area (Å²) in [6.45, 7) is 2.00. The lowest BCUT2D eigenvalue weighted by Gasteiger charge is -2.22. The SMILES string of the molecule is COc1cccc(C(CC(=O)NC(C)c2ccccc2)c2c[nH]c3ccccc23)c1OC. The van der Waals surface area contributed by atoms with Gasteiger partial charge < -0.3 is 19.8 Å². The van der Waals surface area contributed by atoms with E-state index < -0.39 is 0 Å². The first-order valence-corrected chi connectivity index (χ1v) is 10.7. The summed E-state index contributed by atoms with van der Waals surface area (Å²) in [5, 5.41) is 4.24. The summed E-state index contributed by atoms with van der Waals surface area (Å²) in [5.74, 6) is 1.06. The second-order valence-electron chi connectivity index (χ2n) is 7.83. The molecular formula is C27H28N2O3. The van der Waals surface area contributed by atoms with Crippen LogP contribution in [0.25, 0.3) is 10.9 Å². The van der Waals surface area contributed by atoms with E-state index in [1.165, 1.54) is 0 Å².